The first-order valence-corrected chi connectivity index (χ1v) is 8.03. The molecule has 0 spiro atoms. The second-order valence-electron chi connectivity index (χ2n) is 5.33. The van der Waals surface area contributed by atoms with Crippen LogP contribution in [0.3, 0.4) is 0 Å². The molecular formula is C14H20N6OS. The molecule has 2 aromatic rings. The largest absolute Gasteiger partial charge is 0.368 e. The van der Waals surface area contributed by atoms with Crippen LogP contribution in [0.4, 0.5) is 5.95 Å². The average Bonchev–Trinajstić information content (AvgIpc) is 2.91. The number of nitrogens with one attached hydrogen (secondary N) is 2. The summed E-state index contributed by atoms with van der Waals surface area (Å²) in [6.45, 7) is 4.25. The molecule has 2 rings (SSSR count). The number of thioether (sulfide) groups is 1. The van der Waals surface area contributed by atoms with Crippen molar-refractivity contribution in [2.24, 2.45) is 5.92 Å². The number of pyridine rings is 1. The molecule has 7 nitrogen and oxygen atoms in total. The lowest BCUT2D eigenvalue weighted by Gasteiger charge is -2.20. The molecule has 8 heteroatoms. The number of nitrogens with zero attached hydrogens (tertiary/aromatic N) is 3. The zero-order chi connectivity index (χ0) is 15.9. The fourth-order valence-electron chi connectivity index (χ4n) is 2.02. The van der Waals surface area contributed by atoms with Crippen LogP contribution in [0.1, 0.15) is 31.9 Å². The second-order valence-corrected chi connectivity index (χ2v) is 6.27. The van der Waals surface area contributed by atoms with Crippen molar-refractivity contribution in [2.45, 2.75) is 31.5 Å². The molecule has 0 aliphatic rings. The van der Waals surface area contributed by atoms with Crippen molar-refractivity contribution >= 4 is 23.6 Å². The van der Waals surface area contributed by atoms with Crippen molar-refractivity contribution < 1.29 is 4.79 Å². The van der Waals surface area contributed by atoms with Gasteiger partial charge >= 0.3 is 0 Å². The van der Waals surface area contributed by atoms with Gasteiger partial charge in [-0.15, -0.1) is 5.10 Å². The number of nitrogens with two attached hydrogens (primary N) is 1. The van der Waals surface area contributed by atoms with E-state index in [0.29, 0.717) is 11.1 Å². The van der Waals surface area contributed by atoms with Crippen LogP contribution in [-0.2, 0) is 4.79 Å². The summed E-state index contributed by atoms with van der Waals surface area (Å²) in [4.78, 5) is 20.2. The number of aromatic nitrogens is 4. The van der Waals surface area contributed by atoms with E-state index in [2.05, 4.69) is 39.3 Å². The highest BCUT2D eigenvalue weighted by Crippen LogP contribution is 2.21. The molecular weight excluding hydrogens is 300 g/mol. The average molecular weight is 320 g/mol. The molecule has 0 saturated heterocycles. The smallest absolute Gasteiger partial charge is 0.230 e. The molecule has 0 aliphatic carbocycles. The number of aromatic amines is 1. The molecule has 118 valence electrons. The summed E-state index contributed by atoms with van der Waals surface area (Å²) in [6.07, 6.45) is 4.37. The normalized spacial score (nSPS) is 12.3. The number of H-pyrrole nitrogens is 1. The molecule has 2 aromatic heterocycles. The van der Waals surface area contributed by atoms with E-state index in [9.17, 15) is 4.79 Å². The molecule has 0 fully saturated rings. The Hall–Kier alpha value is -2.09. The first-order chi connectivity index (χ1) is 10.5. The first kappa shape index (κ1) is 16.3. The lowest BCUT2D eigenvalue weighted by Crippen LogP contribution is -2.31. The minimum atomic E-state index is -0.0668. The van der Waals surface area contributed by atoms with E-state index < -0.39 is 0 Å². The van der Waals surface area contributed by atoms with Crippen molar-refractivity contribution in [3.05, 3.63) is 30.1 Å². The van der Waals surface area contributed by atoms with Gasteiger partial charge in [-0.25, -0.2) is 5.10 Å². The Kier molecular flexibility index (Phi) is 5.76. The molecule has 0 saturated carbocycles. The predicted octanol–water partition coefficient (Wildman–Crippen LogP) is 1.78. The van der Waals surface area contributed by atoms with Crippen molar-refractivity contribution in [2.75, 3.05) is 11.5 Å². The summed E-state index contributed by atoms with van der Waals surface area (Å²) >= 11 is 1.24. The number of hydrogen-bond acceptors (Lipinski definition) is 6. The van der Waals surface area contributed by atoms with Gasteiger partial charge in [0.15, 0.2) is 0 Å². The molecule has 0 bridgehead atoms. The van der Waals surface area contributed by atoms with Crippen LogP contribution in [-0.4, -0.2) is 31.8 Å². The molecule has 0 aromatic carbocycles. The summed E-state index contributed by atoms with van der Waals surface area (Å²) in [6, 6.07) is 3.81. The van der Waals surface area contributed by atoms with Crippen LogP contribution in [0.15, 0.2) is 29.7 Å². The molecule has 1 amide bonds. The minimum Gasteiger partial charge on any atom is -0.368 e. The Morgan fingerprint density at radius 3 is 2.91 bits per heavy atom. The molecule has 22 heavy (non-hydrogen) atoms. The van der Waals surface area contributed by atoms with Gasteiger partial charge in [-0.05, 0) is 24.0 Å². The van der Waals surface area contributed by atoms with Gasteiger partial charge in [0.05, 0.1) is 11.8 Å². The van der Waals surface area contributed by atoms with E-state index in [1.807, 2.05) is 12.1 Å². The molecule has 1 atom stereocenters. The first-order valence-electron chi connectivity index (χ1n) is 7.04. The van der Waals surface area contributed by atoms with E-state index in [1.54, 1.807) is 12.4 Å². The minimum absolute atomic E-state index is 0.0426. The van der Waals surface area contributed by atoms with Gasteiger partial charge in [0, 0.05) is 12.4 Å². The maximum atomic E-state index is 12.1. The number of amides is 1. The lowest BCUT2D eigenvalue weighted by atomic mass is 9.98. The zero-order valence-electron chi connectivity index (χ0n) is 12.6. The Bertz CT molecular complexity index is 600. The highest BCUT2D eigenvalue weighted by Gasteiger charge is 2.17. The van der Waals surface area contributed by atoms with E-state index in [-0.39, 0.29) is 23.7 Å². The third kappa shape index (κ3) is 5.03. The van der Waals surface area contributed by atoms with Gasteiger partial charge in [0.1, 0.15) is 0 Å². The Morgan fingerprint density at radius 2 is 2.32 bits per heavy atom. The Morgan fingerprint density at radius 1 is 1.50 bits per heavy atom. The number of hydrogen-bond donors (Lipinski definition) is 3. The quantitative estimate of drug-likeness (QED) is 0.671. The van der Waals surface area contributed by atoms with Crippen LogP contribution < -0.4 is 11.1 Å². The summed E-state index contributed by atoms with van der Waals surface area (Å²) in [5, 5.41) is 9.94. The monoisotopic (exact) mass is 320 g/mol. The SMILES string of the molecule is CC(C)CC(NC(=O)CSc1n[nH]c(N)n1)c1cccnc1. The van der Waals surface area contributed by atoms with Gasteiger partial charge in [-0.1, -0.05) is 31.7 Å². The van der Waals surface area contributed by atoms with Crippen molar-refractivity contribution in [3.8, 4) is 0 Å². The highest BCUT2D eigenvalue weighted by molar-refractivity contribution is 7.99. The molecule has 1 unspecified atom stereocenters. The van der Waals surface area contributed by atoms with Crippen LogP contribution in [0.5, 0.6) is 0 Å². The van der Waals surface area contributed by atoms with Gasteiger partial charge in [0.25, 0.3) is 0 Å². The second kappa shape index (κ2) is 7.79. The topological polar surface area (TPSA) is 110 Å². The highest BCUT2D eigenvalue weighted by atomic mass is 32.2. The maximum Gasteiger partial charge on any atom is 0.230 e. The van der Waals surface area contributed by atoms with Crippen LogP contribution in [0.25, 0.3) is 0 Å². The van der Waals surface area contributed by atoms with Gasteiger partial charge in [-0.2, -0.15) is 4.98 Å². The third-order valence-electron chi connectivity index (χ3n) is 2.94. The van der Waals surface area contributed by atoms with Gasteiger partial charge < -0.3 is 11.1 Å². The van der Waals surface area contributed by atoms with E-state index in [0.717, 1.165) is 12.0 Å². The van der Waals surface area contributed by atoms with Crippen molar-refractivity contribution in [1.29, 1.82) is 0 Å². The van der Waals surface area contributed by atoms with Crippen molar-refractivity contribution in [1.82, 2.24) is 25.5 Å². The predicted molar refractivity (Wildman–Crippen MR) is 86.1 cm³/mol. The van der Waals surface area contributed by atoms with Crippen LogP contribution in [0.2, 0.25) is 0 Å². The standard InChI is InChI=1S/C14H20N6OS/c1-9(2)6-11(10-4-3-5-16-7-10)17-12(21)8-22-14-18-13(15)19-20-14/h3-5,7,9,11H,6,8H2,1-2H3,(H,17,21)(H3,15,18,19,20). The Balaban J connectivity index is 1.93. The fourth-order valence-corrected chi connectivity index (χ4v) is 2.64. The number of anilines is 1. The number of nitrogen functional groups attached to an aromatic ring is 1. The third-order valence-corrected chi connectivity index (χ3v) is 3.79. The van der Waals surface area contributed by atoms with Crippen molar-refractivity contribution in [3.63, 3.8) is 0 Å². The number of rotatable bonds is 7. The fraction of sp³-hybridized carbons (Fsp3) is 0.429. The Labute approximate surface area is 133 Å². The number of carbonyl (C=O) groups is 1. The number of carbonyl (C=O) groups excluding carboxylic acids is 1. The molecule has 0 radical (unpaired) electrons. The molecule has 0 aliphatic heterocycles. The summed E-state index contributed by atoms with van der Waals surface area (Å²) in [7, 11) is 0. The zero-order valence-corrected chi connectivity index (χ0v) is 13.4. The van der Waals surface area contributed by atoms with E-state index >= 15 is 0 Å². The van der Waals surface area contributed by atoms with Gasteiger partial charge in [-0.3, -0.25) is 9.78 Å². The molecule has 2 heterocycles. The van der Waals surface area contributed by atoms with Crippen LogP contribution in [0, 0.1) is 5.92 Å². The lowest BCUT2D eigenvalue weighted by molar-refractivity contribution is -0.119. The van der Waals surface area contributed by atoms with E-state index in [1.165, 1.54) is 11.8 Å². The van der Waals surface area contributed by atoms with E-state index in [4.69, 9.17) is 5.73 Å². The van der Waals surface area contributed by atoms with Gasteiger partial charge in [0.2, 0.25) is 17.0 Å². The summed E-state index contributed by atoms with van der Waals surface area (Å²) in [5.74, 6) is 0.886. The molecule has 4 N–H and O–H groups in total. The summed E-state index contributed by atoms with van der Waals surface area (Å²) < 4.78 is 0. The summed E-state index contributed by atoms with van der Waals surface area (Å²) in [5.41, 5.74) is 6.46. The maximum absolute atomic E-state index is 12.1. The van der Waals surface area contributed by atoms with Crippen LogP contribution >= 0.6 is 11.8 Å².